The number of hydrogen-bond acceptors (Lipinski definition) is 3. The van der Waals surface area contributed by atoms with Crippen LogP contribution in [0.25, 0.3) is 0 Å². The maximum Gasteiger partial charge on any atom is 0.311 e. The van der Waals surface area contributed by atoms with Crippen molar-refractivity contribution in [2.45, 2.75) is 6.42 Å². The van der Waals surface area contributed by atoms with Crippen LogP contribution in [0.1, 0.15) is 6.42 Å². The Labute approximate surface area is 118 Å². The third kappa shape index (κ3) is 2.52. The van der Waals surface area contributed by atoms with Crippen molar-refractivity contribution in [1.29, 1.82) is 0 Å². The van der Waals surface area contributed by atoms with E-state index in [1.165, 1.54) is 7.11 Å². The van der Waals surface area contributed by atoms with E-state index >= 15 is 0 Å². The van der Waals surface area contributed by atoms with Crippen molar-refractivity contribution >= 4 is 45.1 Å². The molecule has 1 saturated heterocycles. The van der Waals surface area contributed by atoms with Crippen LogP contribution in [-0.4, -0.2) is 25.5 Å². The highest BCUT2D eigenvalue weighted by atomic mass is 79.9. The molecule has 1 unspecified atom stereocenters. The largest absolute Gasteiger partial charge is 0.469 e. The van der Waals surface area contributed by atoms with E-state index in [2.05, 4.69) is 20.7 Å². The molecule has 0 saturated carbocycles. The predicted molar refractivity (Wildman–Crippen MR) is 71.6 cm³/mol. The number of benzene rings is 1. The van der Waals surface area contributed by atoms with Gasteiger partial charge in [-0.25, -0.2) is 0 Å². The van der Waals surface area contributed by atoms with Crippen LogP contribution in [0.3, 0.4) is 0 Å². The molecule has 1 amide bonds. The monoisotopic (exact) mass is 331 g/mol. The first-order valence-corrected chi connectivity index (χ1v) is 6.53. The standard InChI is InChI=1S/C12H11BrClNO3/c1-18-12(17)7-4-11(16)15(6-7)10-3-2-8(14)5-9(10)13/h2-3,5,7H,4,6H2,1H3. The Morgan fingerprint density at radius 1 is 1.56 bits per heavy atom. The Kier molecular flexibility index (Phi) is 3.92. The maximum atomic E-state index is 11.9. The number of hydrogen-bond donors (Lipinski definition) is 0. The van der Waals surface area contributed by atoms with Crippen LogP contribution < -0.4 is 4.90 Å². The molecule has 0 bridgehead atoms. The van der Waals surface area contributed by atoms with E-state index in [0.29, 0.717) is 11.6 Å². The first-order chi connectivity index (χ1) is 8.52. The van der Waals surface area contributed by atoms with Crippen LogP contribution in [0, 0.1) is 5.92 Å². The fraction of sp³-hybridized carbons (Fsp3) is 0.333. The van der Waals surface area contributed by atoms with E-state index in [9.17, 15) is 9.59 Å². The van der Waals surface area contributed by atoms with Crippen LogP contribution in [0.4, 0.5) is 5.69 Å². The van der Waals surface area contributed by atoms with Crippen molar-refractivity contribution in [1.82, 2.24) is 0 Å². The van der Waals surface area contributed by atoms with E-state index in [1.807, 2.05) is 0 Å². The molecule has 6 heteroatoms. The molecule has 18 heavy (non-hydrogen) atoms. The topological polar surface area (TPSA) is 46.6 Å². The number of rotatable bonds is 2. The number of nitrogens with zero attached hydrogens (tertiary/aromatic N) is 1. The van der Waals surface area contributed by atoms with Gasteiger partial charge >= 0.3 is 5.97 Å². The average Bonchev–Trinajstić information content (AvgIpc) is 2.70. The van der Waals surface area contributed by atoms with E-state index in [1.54, 1.807) is 23.1 Å². The summed E-state index contributed by atoms with van der Waals surface area (Å²) in [4.78, 5) is 24.9. The second kappa shape index (κ2) is 5.28. The molecule has 0 N–H and O–H groups in total. The average molecular weight is 333 g/mol. The van der Waals surface area contributed by atoms with Crippen molar-refractivity contribution in [3.05, 3.63) is 27.7 Å². The van der Waals surface area contributed by atoms with Gasteiger partial charge in [-0.1, -0.05) is 11.6 Å². The molecule has 1 aliphatic heterocycles. The lowest BCUT2D eigenvalue weighted by molar-refractivity contribution is -0.145. The zero-order valence-corrected chi connectivity index (χ0v) is 12.0. The molecule has 4 nitrogen and oxygen atoms in total. The normalized spacial score (nSPS) is 19.2. The smallest absolute Gasteiger partial charge is 0.311 e. The number of halogens is 2. The molecule has 1 atom stereocenters. The fourth-order valence-electron chi connectivity index (χ4n) is 1.97. The quantitative estimate of drug-likeness (QED) is 0.782. The number of anilines is 1. The molecule has 96 valence electrons. The van der Waals surface area contributed by atoms with Gasteiger partial charge in [-0.2, -0.15) is 0 Å². The minimum atomic E-state index is -0.398. The summed E-state index contributed by atoms with van der Waals surface area (Å²) in [6.45, 7) is 0.339. The van der Waals surface area contributed by atoms with Gasteiger partial charge < -0.3 is 9.64 Å². The Hall–Kier alpha value is -1.07. The molecule has 1 fully saturated rings. The Morgan fingerprint density at radius 2 is 2.28 bits per heavy atom. The van der Waals surface area contributed by atoms with E-state index in [-0.39, 0.29) is 18.3 Å². The molecule has 1 aliphatic rings. The van der Waals surface area contributed by atoms with Crippen LogP contribution in [0.5, 0.6) is 0 Å². The van der Waals surface area contributed by atoms with E-state index in [4.69, 9.17) is 11.6 Å². The summed E-state index contributed by atoms with van der Waals surface area (Å²) in [6.07, 6.45) is 0.182. The van der Waals surface area contributed by atoms with Crippen molar-refractivity contribution in [2.24, 2.45) is 5.92 Å². The highest BCUT2D eigenvalue weighted by Gasteiger charge is 2.36. The number of amides is 1. The fourth-order valence-corrected chi connectivity index (χ4v) is 2.86. The summed E-state index contributed by atoms with van der Waals surface area (Å²) in [5.74, 6) is -0.838. The first kappa shape index (κ1) is 13.4. The molecule has 1 aromatic rings. The zero-order valence-electron chi connectivity index (χ0n) is 9.65. The highest BCUT2D eigenvalue weighted by molar-refractivity contribution is 9.10. The molecule has 0 aromatic heterocycles. The van der Waals surface area contributed by atoms with Gasteiger partial charge in [0.1, 0.15) is 0 Å². The summed E-state index contributed by atoms with van der Waals surface area (Å²) in [5, 5.41) is 0.585. The summed E-state index contributed by atoms with van der Waals surface area (Å²) in [5.41, 5.74) is 0.718. The minimum absolute atomic E-state index is 0.0894. The van der Waals surface area contributed by atoms with Crippen LogP contribution >= 0.6 is 27.5 Å². The number of ether oxygens (including phenoxy) is 1. The highest BCUT2D eigenvalue weighted by Crippen LogP contribution is 2.33. The van der Waals surface area contributed by atoms with E-state index in [0.717, 1.165) is 10.2 Å². The lowest BCUT2D eigenvalue weighted by Crippen LogP contribution is -2.26. The van der Waals surface area contributed by atoms with Gasteiger partial charge in [-0.05, 0) is 34.1 Å². The lowest BCUT2D eigenvalue weighted by Gasteiger charge is -2.18. The lowest BCUT2D eigenvalue weighted by atomic mass is 10.1. The minimum Gasteiger partial charge on any atom is -0.469 e. The first-order valence-electron chi connectivity index (χ1n) is 5.36. The molecule has 0 aliphatic carbocycles. The third-order valence-corrected chi connectivity index (χ3v) is 3.73. The number of carbonyl (C=O) groups is 2. The molecule has 2 rings (SSSR count). The van der Waals surface area contributed by atoms with Crippen LogP contribution in [0.15, 0.2) is 22.7 Å². The van der Waals surface area contributed by atoms with Gasteiger partial charge in [0.05, 0.1) is 18.7 Å². The number of esters is 1. The van der Waals surface area contributed by atoms with Gasteiger partial charge in [0, 0.05) is 22.5 Å². The van der Waals surface area contributed by atoms with Gasteiger partial charge in [0.25, 0.3) is 0 Å². The number of methoxy groups -OCH3 is 1. The maximum absolute atomic E-state index is 11.9. The van der Waals surface area contributed by atoms with Crippen molar-refractivity contribution in [3.63, 3.8) is 0 Å². The van der Waals surface area contributed by atoms with Gasteiger partial charge in [-0.3, -0.25) is 9.59 Å². The molecular weight excluding hydrogens is 321 g/mol. The molecular formula is C12H11BrClNO3. The zero-order chi connectivity index (χ0) is 13.3. The van der Waals surface area contributed by atoms with Crippen LogP contribution in [0.2, 0.25) is 5.02 Å². The molecule has 0 spiro atoms. The van der Waals surface area contributed by atoms with E-state index < -0.39 is 5.92 Å². The Balaban J connectivity index is 2.24. The van der Waals surface area contributed by atoms with Gasteiger partial charge in [0.2, 0.25) is 5.91 Å². The van der Waals surface area contributed by atoms with Gasteiger partial charge in [0.15, 0.2) is 0 Å². The Morgan fingerprint density at radius 3 is 2.89 bits per heavy atom. The second-order valence-electron chi connectivity index (χ2n) is 4.02. The third-order valence-electron chi connectivity index (χ3n) is 2.86. The SMILES string of the molecule is COC(=O)C1CC(=O)N(c2ccc(Cl)cc2Br)C1. The number of carbonyl (C=O) groups excluding carboxylic acids is 2. The summed E-state index contributed by atoms with van der Waals surface area (Å²) in [7, 11) is 1.33. The summed E-state index contributed by atoms with van der Waals surface area (Å²) in [6, 6.07) is 5.18. The summed E-state index contributed by atoms with van der Waals surface area (Å²) < 4.78 is 5.40. The molecule has 1 aromatic carbocycles. The molecule has 1 heterocycles. The van der Waals surface area contributed by atoms with Crippen LogP contribution in [-0.2, 0) is 14.3 Å². The van der Waals surface area contributed by atoms with Gasteiger partial charge in [-0.15, -0.1) is 0 Å². The van der Waals surface area contributed by atoms with Crippen molar-refractivity contribution < 1.29 is 14.3 Å². The Bertz CT molecular complexity index is 506. The molecule has 0 radical (unpaired) electrons. The van der Waals surface area contributed by atoms with Crippen molar-refractivity contribution in [2.75, 3.05) is 18.6 Å². The predicted octanol–water partition coefficient (Wildman–Crippen LogP) is 2.63. The second-order valence-corrected chi connectivity index (χ2v) is 5.32. The summed E-state index contributed by atoms with van der Waals surface area (Å²) >= 11 is 9.22. The van der Waals surface area contributed by atoms with Crippen molar-refractivity contribution in [3.8, 4) is 0 Å².